The molecule has 0 aliphatic carbocycles. The highest BCUT2D eigenvalue weighted by atomic mass is 16.6. The van der Waals surface area contributed by atoms with Crippen LogP contribution < -0.4 is 10.9 Å². The summed E-state index contributed by atoms with van der Waals surface area (Å²) in [6.07, 6.45) is 2.47. The first kappa shape index (κ1) is 18.2. The Bertz CT molecular complexity index is 824. The number of nitrogens with zero attached hydrogens (tertiary/aromatic N) is 4. The fraction of sp³-hybridized carbons (Fsp3) is 0. The molecule has 0 atom stereocenters. The van der Waals surface area contributed by atoms with Crippen LogP contribution in [-0.4, -0.2) is 28.3 Å². The Kier molecular flexibility index (Phi) is 6.04. The fourth-order valence-corrected chi connectivity index (χ4v) is 1.79. The molecule has 2 amide bonds. The summed E-state index contributed by atoms with van der Waals surface area (Å²) < 4.78 is 0. The van der Waals surface area contributed by atoms with Gasteiger partial charge in [-0.25, -0.2) is 15.6 Å². The topological polar surface area (TPSA) is 152 Å². The van der Waals surface area contributed by atoms with E-state index in [-0.39, 0.29) is 11.4 Å². The van der Waals surface area contributed by atoms with Crippen LogP contribution in [0.5, 0.6) is 0 Å². The number of urea groups is 1. The molecule has 0 saturated heterocycles. The molecule has 2 rings (SSSR count). The average molecular weight is 356 g/mol. The zero-order chi connectivity index (χ0) is 18.9. The first-order valence-electron chi connectivity index (χ1n) is 7.07. The molecule has 0 spiro atoms. The van der Waals surface area contributed by atoms with E-state index in [4.69, 9.17) is 0 Å². The van der Waals surface area contributed by atoms with Crippen molar-refractivity contribution in [1.29, 1.82) is 0 Å². The van der Waals surface area contributed by atoms with Crippen molar-refractivity contribution in [2.75, 3.05) is 0 Å². The number of non-ortho nitro benzene ring substituents is 2. The number of nitrogens with one attached hydrogen (secondary N) is 2. The largest absolute Gasteiger partial charge is 0.355 e. The van der Waals surface area contributed by atoms with Gasteiger partial charge in [-0.3, -0.25) is 20.2 Å². The number of carbonyl (C=O) groups excluding carboxylic acids is 1. The number of rotatable bonds is 6. The van der Waals surface area contributed by atoms with Crippen LogP contribution in [0.3, 0.4) is 0 Å². The summed E-state index contributed by atoms with van der Waals surface area (Å²) in [4.78, 5) is 31.7. The minimum absolute atomic E-state index is 0.0973. The highest BCUT2D eigenvalue weighted by Crippen LogP contribution is 2.12. The number of benzene rings is 2. The molecule has 0 aromatic heterocycles. The lowest BCUT2D eigenvalue weighted by atomic mass is 10.2. The molecule has 0 radical (unpaired) electrons. The maximum atomic E-state index is 11.5. The van der Waals surface area contributed by atoms with E-state index in [1.807, 2.05) is 0 Å². The summed E-state index contributed by atoms with van der Waals surface area (Å²) in [5, 5.41) is 28.6. The van der Waals surface area contributed by atoms with E-state index in [0.717, 1.165) is 0 Å². The van der Waals surface area contributed by atoms with Crippen molar-refractivity contribution >= 4 is 29.8 Å². The summed E-state index contributed by atoms with van der Waals surface area (Å²) in [5.74, 6) is 0. The normalized spacial score (nSPS) is 10.8. The van der Waals surface area contributed by atoms with Gasteiger partial charge in [0.05, 0.1) is 22.3 Å². The number of amides is 2. The van der Waals surface area contributed by atoms with Crippen LogP contribution in [-0.2, 0) is 0 Å². The van der Waals surface area contributed by atoms with Gasteiger partial charge in [-0.05, 0) is 0 Å². The summed E-state index contributed by atoms with van der Waals surface area (Å²) >= 11 is 0. The van der Waals surface area contributed by atoms with Crippen molar-refractivity contribution in [3.05, 3.63) is 79.9 Å². The Morgan fingerprint density at radius 2 is 1.27 bits per heavy atom. The van der Waals surface area contributed by atoms with Gasteiger partial charge in [0.25, 0.3) is 11.4 Å². The number of hydrazone groups is 2. The van der Waals surface area contributed by atoms with E-state index in [9.17, 15) is 25.0 Å². The van der Waals surface area contributed by atoms with E-state index in [1.165, 1.54) is 48.8 Å². The predicted octanol–water partition coefficient (Wildman–Crippen LogP) is 2.17. The van der Waals surface area contributed by atoms with Crippen LogP contribution in [0.4, 0.5) is 16.2 Å². The van der Waals surface area contributed by atoms with Crippen LogP contribution in [0.1, 0.15) is 11.1 Å². The van der Waals surface area contributed by atoms with Gasteiger partial charge in [-0.15, -0.1) is 0 Å². The summed E-state index contributed by atoms with van der Waals surface area (Å²) in [5.41, 5.74) is 4.91. The van der Waals surface area contributed by atoms with Gasteiger partial charge in [-0.1, -0.05) is 24.3 Å². The summed E-state index contributed by atoms with van der Waals surface area (Å²) in [6, 6.07) is 10.6. The molecule has 0 unspecified atom stereocenters. The van der Waals surface area contributed by atoms with E-state index in [1.54, 1.807) is 12.1 Å². The highest BCUT2D eigenvalue weighted by molar-refractivity contribution is 5.84. The molecule has 11 heteroatoms. The lowest BCUT2D eigenvalue weighted by Crippen LogP contribution is -2.28. The molecule has 0 aliphatic rings. The average Bonchev–Trinajstić information content (AvgIpc) is 2.62. The van der Waals surface area contributed by atoms with E-state index >= 15 is 0 Å². The Morgan fingerprint density at radius 3 is 1.65 bits per heavy atom. The molecule has 0 bridgehead atoms. The Balaban J connectivity index is 1.87. The first-order chi connectivity index (χ1) is 12.5. The number of hydrogen-bond donors (Lipinski definition) is 2. The van der Waals surface area contributed by atoms with Crippen molar-refractivity contribution in [3.63, 3.8) is 0 Å². The summed E-state index contributed by atoms with van der Waals surface area (Å²) in [7, 11) is 0. The molecule has 2 N–H and O–H groups in total. The maximum Gasteiger partial charge on any atom is 0.355 e. The quantitative estimate of drug-likeness (QED) is 0.461. The SMILES string of the molecule is O=C(N/N=C\c1cccc([N+](=O)[O-])c1)N/N=C\c1cccc([N+](=O)[O-])c1. The van der Waals surface area contributed by atoms with Crippen molar-refractivity contribution < 1.29 is 14.6 Å². The third-order valence-corrected chi connectivity index (χ3v) is 2.92. The van der Waals surface area contributed by atoms with Crippen LogP contribution in [0.15, 0.2) is 58.7 Å². The van der Waals surface area contributed by atoms with Crippen molar-refractivity contribution in [2.45, 2.75) is 0 Å². The number of nitro groups is 2. The van der Waals surface area contributed by atoms with Crippen molar-refractivity contribution in [3.8, 4) is 0 Å². The van der Waals surface area contributed by atoms with Crippen molar-refractivity contribution in [2.24, 2.45) is 10.2 Å². The highest BCUT2D eigenvalue weighted by Gasteiger charge is 2.05. The van der Waals surface area contributed by atoms with E-state index < -0.39 is 15.9 Å². The number of hydrogen-bond acceptors (Lipinski definition) is 7. The second kappa shape index (κ2) is 8.63. The molecule has 11 nitrogen and oxygen atoms in total. The molecule has 2 aromatic carbocycles. The monoisotopic (exact) mass is 356 g/mol. The van der Waals surface area contributed by atoms with Crippen LogP contribution in [0, 0.1) is 20.2 Å². The van der Waals surface area contributed by atoms with Gasteiger partial charge >= 0.3 is 6.03 Å². The number of nitro benzene ring substituents is 2. The third kappa shape index (κ3) is 5.49. The van der Waals surface area contributed by atoms with Gasteiger partial charge in [0.2, 0.25) is 0 Å². The Hall–Kier alpha value is -4.15. The molecular weight excluding hydrogens is 344 g/mol. The second-order valence-corrected chi connectivity index (χ2v) is 4.77. The summed E-state index contributed by atoms with van der Waals surface area (Å²) in [6.45, 7) is 0. The van der Waals surface area contributed by atoms with Gasteiger partial charge in [0.1, 0.15) is 0 Å². The minimum Gasteiger partial charge on any atom is -0.258 e. The minimum atomic E-state index is -0.756. The van der Waals surface area contributed by atoms with Crippen LogP contribution >= 0.6 is 0 Å². The van der Waals surface area contributed by atoms with Gasteiger partial charge < -0.3 is 0 Å². The fourth-order valence-electron chi connectivity index (χ4n) is 1.79. The molecule has 132 valence electrons. The lowest BCUT2D eigenvalue weighted by Gasteiger charge is -1.98. The van der Waals surface area contributed by atoms with E-state index in [0.29, 0.717) is 11.1 Å². The Labute approximate surface area is 146 Å². The first-order valence-corrected chi connectivity index (χ1v) is 7.07. The smallest absolute Gasteiger partial charge is 0.258 e. The second-order valence-electron chi connectivity index (χ2n) is 4.77. The van der Waals surface area contributed by atoms with E-state index in [2.05, 4.69) is 21.1 Å². The van der Waals surface area contributed by atoms with Gasteiger partial charge in [0, 0.05) is 35.4 Å². The van der Waals surface area contributed by atoms with Gasteiger partial charge in [-0.2, -0.15) is 10.2 Å². The zero-order valence-corrected chi connectivity index (χ0v) is 13.1. The molecule has 0 fully saturated rings. The lowest BCUT2D eigenvalue weighted by molar-refractivity contribution is -0.385. The molecule has 26 heavy (non-hydrogen) atoms. The van der Waals surface area contributed by atoms with Crippen LogP contribution in [0.2, 0.25) is 0 Å². The molecule has 0 heterocycles. The van der Waals surface area contributed by atoms with Gasteiger partial charge in [0.15, 0.2) is 0 Å². The zero-order valence-electron chi connectivity index (χ0n) is 13.1. The molecular formula is C15H12N6O5. The molecule has 0 aliphatic heterocycles. The molecule has 2 aromatic rings. The Morgan fingerprint density at radius 1 is 0.846 bits per heavy atom. The number of carbonyl (C=O) groups is 1. The molecule has 0 saturated carbocycles. The van der Waals surface area contributed by atoms with Crippen molar-refractivity contribution in [1.82, 2.24) is 10.9 Å². The maximum absolute atomic E-state index is 11.5. The van der Waals surface area contributed by atoms with Crippen LogP contribution in [0.25, 0.3) is 0 Å². The standard InChI is InChI=1S/C15H12N6O5/c22-15(18-16-9-11-3-1-5-13(7-11)20(23)24)19-17-10-12-4-2-6-14(8-12)21(25)26/h1-10H,(H2,18,19,22)/b16-9-,17-10-. The predicted molar refractivity (Wildman–Crippen MR) is 93.0 cm³/mol. The third-order valence-electron chi connectivity index (χ3n) is 2.92.